The van der Waals surface area contributed by atoms with Gasteiger partial charge in [-0.05, 0) is 23.5 Å². The minimum Gasteiger partial charge on any atom is -0.355 e. The molecule has 0 bridgehead atoms. The summed E-state index contributed by atoms with van der Waals surface area (Å²) in [5, 5.41) is 11.8. The number of amides is 1. The largest absolute Gasteiger partial charge is 0.355 e. The quantitative estimate of drug-likeness (QED) is 0.655. The fraction of sp³-hybridized carbons (Fsp3) is 0.111. The normalized spacial score (nSPS) is 9.00. The fourth-order valence-electron chi connectivity index (χ4n) is 0.974. The van der Waals surface area contributed by atoms with Crippen LogP contribution in [0, 0.1) is 11.3 Å². The summed E-state index contributed by atoms with van der Waals surface area (Å²) in [5.41, 5.74) is 1.13. The van der Waals surface area contributed by atoms with Crippen molar-refractivity contribution in [3.63, 3.8) is 0 Å². The van der Waals surface area contributed by atoms with Gasteiger partial charge in [-0.3, -0.25) is 4.79 Å². The van der Waals surface area contributed by atoms with Crippen molar-refractivity contribution in [3.8, 4) is 6.07 Å². The molecule has 1 aromatic rings. The molecule has 3 nitrogen and oxygen atoms in total. The van der Waals surface area contributed by atoms with Crippen LogP contribution in [-0.2, 0) is 0 Å². The highest BCUT2D eigenvalue weighted by molar-refractivity contribution is 7.27. The van der Waals surface area contributed by atoms with E-state index in [2.05, 4.69) is 14.6 Å². The van der Waals surface area contributed by atoms with Gasteiger partial charge in [-0.25, -0.2) is 0 Å². The predicted molar refractivity (Wildman–Crippen MR) is 53.9 cm³/mol. The lowest BCUT2D eigenvalue weighted by Gasteiger charge is -2.03. The van der Waals surface area contributed by atoms with Crippen LogP contribution >= 0.6 is 9.24 Å². The number of hydrogen-bond acceptors (Lipinski definition) is 2. The van der Waals surface area contributed by atoms with E-state index in [1.165, 1.54) is 0 Å². The maximum absolute atomic E-state index is 11.2. The van der Waals surface area contributed by atoms with E-state index in [9.17, 15) is 4.79 Å². The van der Waals surface area contributed by atoms with E-state index in [1.807, 2.05) is 6.07 Å². The number of carbonyl (C=O) groups is 1. The Morgan fingerprint density at radius 1 is 1.62 bits per heavy atom. The smallest absolute Gasteiger partial charge is 0.251 e. The van der Waals surface area contributed by atoms with Gasteiger partial charge in [-0.1, -0.05) is 0 Å². The molecule has 13 heavy (non-hydrogen) atoms. The van der Waals surface area contributed by atoms with Crippen LogP contribution < -0.4 is 10.6 Å². The predicted octanol–water partition coefficient (Wildman–Crippen LogP) is 0.418. The first-order valence-electron chi connectivity index (χ1n) is 3.70. The average Bonchev–Trinajstić information content (AvgIpc) is 2.16. The van der Waals surface area contributed by atoms with Crippen molar-refractivity contribution in [2.24, 2.45) is 0 Å². The first-order chi connectivity index (χ1) is 6.19. The molecule has 0 radical (unpaired) electrons. The first kappa shape index (κ1) is 9.70. The second-order valence-corrected chi connectivity index (χ2v) is 3.11. The van der Waals surface area contributed by atoms with Gasteiger partial charge in [0.1, 0.15) is 0 Å². The van der Waals surface area contributed by atoms with E-state index in [4.69, 9.17) is 5.26 Å². The van der Waals surface area contributed by atoms with Crippen molar-refractivity contribution in [3.05, 3.63) is 29.3 Å². The van der Waals surface area contributed by atoms with Gasteiger partial charge in [0.15, 0.2) is 0 Å². The third-order valence-corrected chi connectivity index (χ3v) is 2.13. The van der Waals surface area contributed by atoms with Crippen LogP contribution in [0.5, 0.6) is 0 Å². The number of benzene rings is 1. The summed E-state index contributed by atoms with van der Waals surface area (Å²) < 4.78 is 0. The Labute approximate surface area is 79.0 Å². The number of nitriles is 1. The Morgan fingerprint density at radius 2 is 2.31 bits per heavy atom. The third-order valence-electron chi connectivity index (χ3n) is 1.65. The maximum atomic E-state index is 11.2. The van der Waals surface area contributed by atoms with Crippen LogP contribution in [0.1, 0.15) is 15.9 Å². The van der Waals surface area contributed by atoms with Gasteiger partial charge in [-0.2, -0.15) is 5.26 Å². The molecule has 0 aliphatic rings. The summed E-state index contributed by atoms with van der Waals surface area (Å²) in [4.78, 5) is 11.2. The van der Waals surface area contributed by atoms with Crippen LogP contribution in [0.2, 0.25) is 0 Å². The van der Waals surface area contributed by atoms with E-state index in [-0.39, 0.29) is 5.91 Å². The second-order valence-electron chi connectivity index (χ2n) is 2.49. The molecule has 0 saturated carbocycles. The van der Waals surface area contributed by atoms with Gasteiger partial charge in [0, 0.05) is 12.6 Å². The SMILES string of the molecule is CNC(=O)c1ccc(C#N)cc1P. The Balaban J connectivity index is 3.14. The summed E-state index contributed by atoms with van der Waals surface area (Å²) in [7, 11) is 4.01. The Kier molecular flexibility index (Phi) is 3.00. The lowest BCUT2D eigenvalue weighted by molar-refractivity contribution is 0.0964. The van der Waals surface area contributed by atoms with Gasteiger partial charge < -0.3 is 5.32 Å². The molecule has 1 aromatic carbocycles. The Hall–Kier alpha value is -1.39. The van der Waals surface area contributed by atoms with E-state index >= 15 is 0 Å². The van der Waals surface area contributed by atoms with E-state index in [0.717, 1.165) is 5.30 Å². The fourth-order valence-corrected chi connectivity index (χ4v) is 1.38. The van der Waals surface area contributed by atoms with E-state index in [0.29, 0.717) is 11.1 Å². The van der Waals surface area contributed by atoms with Crippen molar-refractivity contribution in [2.75, 3.05) is 7.05 Å². The lowest BCUT2D eigenvalue weighted by atomic mass is 10.1. The Bertz CT molecular complexity index is 382. The number of carbonyl (C=O) groups excluding carboxylic acids is 1. The third kappa shape index (κ3) is 2.05. The molecular weight excluding hydrogens is 183 g/mol. The van der Waals surface area contributed by atoms with Gasteiger partial charge in [0.25, 0.3) is 5.91 Å². The van der Waals surface area contributed by atoms with E-state index < -0.39 is 0 Å². The average molecular weight is 192 g/mol. The monoisotopic (exact) mass is 192 g/mol. The lowest BCUT2D eigenvalue weighted by Crippen LogP contribution is -2.22. The summed E-state index contributed by atoms with van der Waals surface area (Å²) in [6, 6.07) is 6.93. The zero-order valence-corrected chi connectivity index (χ0v) is 8.32. The van der Waals surface area contributed by atoms with Gasteiger partial charge in [0.2, 0.25) is 0 Å². The van der Waals surface area contributed by atoms with Crippen molar-refractivity contribution in [1.82, 2.24) is 5.32 Å². The standard InChI is InChI=1S/C9H9N2OP/c1-11-9(12)7-3-2-6(5-10)4-8(7)13/h2-4H,13H2,1H3,(H,11,12). The van der Waals surface area contributed by atoms with Crippen molar-refractivity contribution in [1.29, 1.82) is 5.26 Å². The van der Waals surface area contributed by atoms with Crippen molar-refractivity contribution < 1.29 is 4.79 Å². The molecule has 0 spiro atoms. The zero-order chi connectivity index (χ0) is 9.84. The summed E-state index contributed by atoms with van der Waals surface area (Å²) in [6.07, 6.45) is 0. The van der Waals surface area contributed by atoms with Crippen LogP contribution in [0.25, 0.3) is 0 Å². The van der Waals surface area contributed by atoms with Crippen LogP contribution in [0.3, 0.4) is 0 Å². The number of nitrogens with zero attached hydrogens (tertiary/aromatic N) is 1. The molecule has 0 aliphatic heterocycles. The molecule has 4 heteroatoms. The Morgan fingerprint density at radius 3 is 2.77 bits per heavy atom. The highest BCUT2D eigenvalue weighted by Crippen LogP contribution is 2.04. The molecule has 0 aromatic heterocycles. The minimum absolute atomic E-state index is 0.144. The zero-order valence-electron chi connectivity index (χ0n) is 7.16. The number of nitrogens with one attached hydrogen (secondary N) is 1. The van der Waals surface area contributed by atoms with E-state index in [1.54, 1.807) is 25.2 Å². The molecule has 1 N–H and O–H groups in total. The number of hydrogen-bond donors (Lipinski definition) is 1. The molecule has 0 heterocycles. The first-order valence-corrected chi connectivity index (χ1v) is 4.28. The molecule has 0 aliphatic carbocycles. The van der Waals surface area contributed by atoms with Crippen LogP contribution in [0.15, 0.2) is 18.2 Å². The highest BCUT2D eigenvalue weighted by atomic mass is 31.0. The molecule has 1 amide bonds. The molecular formula is C9H9N2OP. The minimum atomic E-state index is -0.144. The highest BCUT2D eigenvalue weighted by Gasteiger charge is 2.06. The van der Waals surface area contributed by atoms with Gasteiger partial charge in [-0.15, -0.1) is 9.24 Å². The topological polar surface area (TPSA) is 52.9 Å². The molecule has 1 rings (SSSR count). The molecule has 1 unspecified atom stereocenters. The van der Waals surface area contributed by atoms with Crippen LogP contribution in [-0.4, -0.2) is 13.0 Å². The molecule has 0 saturated heterocycles. The molecule has 66 valence electrons. The van der Waals surface area contributed by atoms with Gasteiger partial charge in [0.05, 0.1) is 11.6 Å². The van der Waals surface area contributed by atoms with Crippen LogP contribution in [0.4, 0.5) is 0 Å². The maximum Gasteiger partial charge on any atom is 0.251 e. The number of rotatable bonds is 1. The second kappa shape index (κ2) is 4.02. The molecule has 0 fully saturated rings. The summed E-state index contributed by atoms with van der Waals surface area (Å²) in [5.74, 6) is -0.144. The van der Waals surface area contributed by atoms with Crippen molar-refractivity contribution in [2.45, 2.75) is 0 Å². The van der Waals surface area contributed by atoms with Crippen molar-refractivity contribution >= 4 is 20.5 Å². The molecule has 1 atom stereocenters. The summed E-state index contributed by atoms with van der Waals surface area (Å²) >= 11 is 0. The summed E-state index contributed by atoms with van der Waals surface area (Å²) in [6.45, 7) is 0. The van der Waals surface area contributed by atoms with Gasteiger partial charge >= 0.3 is 0 Å².